The third-order valence-corrected chi connectivity index (χ3v) is 5.50. The van der Waals surface area contributed by atoms with Crippen LogP contribution in [0.1, 0.15) is 25.1 Å². The molecular weight excluding hydrogens is 324 g/mol. The molecule has 0 saturated carbocycles. The van der Waals surface area contributed by atoms with Crippen LogP contribution < -0.4 is 5.56 Å². The maximum absolute atomic E-state index is 12.8. The Kier molecular flexibility index (Phi) is 3.72. The summed E-state index contributed by atoms with van der Waals surface area (Å²) in [6.45, 7) is 3.58. The van der Waals surface area contributed by atoms with E-state index in [1.807, 2.05) is 22.4 Å². The highest BCUT2D eigenvalue weighted by Gasteiger charge is 2.29. The molecule has 0 bridgehead atoms. The first-order valence-electron chi connectivity index (χ1n) is 8.06. The quantitative estimate of drug-likeness (QED) is 0.733. The molecule has 7 heteroatoms. The van der Waals surface area contributed by atoms with Crippen molar-refractivity contribution in [2.45, 2.75) is 32.5 Å². The molecule has 4 heterocycles. The second-order valence-electron chi connectivity index (χ2n) is 5.95. The van der Waals surface area contributed by atoms with Gasteiger partial charge >= 0.3 is 0 Å². The van der Waals surface area contributed by atoms with Gasteiger partial charge in [-0.2, -0.15) is 0 Å². The minimum atomic E-state index is -0.142. The van der Waals surface area contributed by atoms with Crippen LogP contribution in [-0.2, 0) is 17.9 Å². The average Bonchev–Trinajstić information content (AvgIpc) is 3.25. The molecule has 24 heavy (non-hydrogen) atoms. The molecule has 0 aliphatic carbocycles. The van der Waals surface area contributed by atoms with Crippen molar-refractivity contribution in [1.82, 2.24) is 19.0 Å². The molecule has 3 aromatic rings. The van der Waals surface area contributed by atoms with Gasteiger partial charge in [0.25, 0.3) is 5.56 Å². The molecular formula is C17H18N4O2S. The molecule has 0 N–H and O–H groups in total. The van der Waals surface area contributed by atoms with E-state index >= 15 is 0 Å². The lowest BCUT2D eigenvalue weighted by Crippen LogP contribution is -2.44. The zero-order chi connectivity index (χ0) is 16.7. The molecule has 1 unspecified atom stereocenters. The summed E-state index contributed by atoms with van der Waals surface area (Å²) in [6, 6.07) is 5.97. The fourth-order valence-corrected chi connectivity index (χ4v) is 4.21. The third kappa shape index (κ3) is 2.36. The van der Waals surface area contributed by atoms with E-state index in [9.17, 15) is 9.59 Å². The molecule has 0 spiro atoms. The van der Waals surface area contributed by atoms with Gasteiger partial charge in [0, 0.05) is 25.0 Å². The van der Waals surface area contributed by atoms with Crippen molar-refractivity contribution in [1.29, 1.82) is 0 Å². The van der Waals surface area contributed by atoms with Crippen molar-refractivity contribution >= 4 is 27.5 Å². The van der Waals surface area contributed by atoms with E-state index in [1.54, 1.807) is 0 Å². The lowest BCUT2D eigenvalue weighted by atomic mass is 10.1. The van der Waals surface area contributed by atoms with Crippen LogP contribution in [-0.4, -0.2) is 31.5 Å². The average molecular weight is 342 g/mol. The van der Waals surface area contributed by atoms with Crippen LogP contribution in [0.3, 0.4) is 0 Å². The van der Waals surface area contributed by atoms with Gasteiger partial charge in [0.1, 0.15) is 11.2 Å². The molecule has 3 aromatic heterocycles. The van der Waals surface area contributed by atoms with Gasteiger partial charge < -0.3 is 9.47 Å². The van der Waals surface area contributed by atoms with E-state index in [2.05, 4.69) is 28.7 Å². The summed E-state index contributed by atoms with van der Waals surface area (Å²) in [6.07, 6.45) is 4.38. The minimum absolute atomic E-state index is 0.0332. The fourth-order valence-electron chi connectivity index (χ4n) is 3.42. The first kappa shape index (κ1) is 15.1. The summed E-state index contributed by atoms with van der Waals surface area (Å²) in [5, 5.41) is 1.84. The summed E-state index contributed by atoms with van der Waals surface area (Å²) in [4.78, 5) is 31.5. The Morgan fingerprint density at radius 3 is 3.08 bits per heavy atom. The van der Waals surface area contributed by atoms with Crippen LogP contribution in [0.25, 0.3) is 10.2 Å². The Labute approximate surface area is 143 Å². The summed E-state index contributed by atoms with van der Waals surface area (Å²) < 4.78 is 4.22. The van der Waals surface area contributed by atoms with Crippen molar-refractivity contribution in [3.63, 3.8) is 0 Å². The second-order valence-corrected chi connectivity index (χ2v) is 6.87. The monoisotopic (exact) mass is 342 g/mol. The number of nitrogens with zero attached hydrogens (tertiary/aromatic N) is 4. The van der Waals surface area contributed by atoms with Gasteiger partial charge in [-0.3, -0.25) is 14.2 Å². The molecule has 6 nitrogen and oxygen atoms in total. The molecule has 1 amide bonds. The number of hydrogen-bond donors (Lipinski definition) is 0. The van der Waals surface area contributed by atoms with Crippen LogP contribution in [0.5, 0.6) is 0 Å². The number of aromatic nitrogens is 3. The highest BCUT2D eigenvalue weighted by Crippen LogP contribution is 2.28. The fraction of sp³-hybridized carbons (Fsp3) is 0.353. The molecule has 0 radical (unpaired) electrons. The molecule has 1 atom stereocenters. The van der Waals surface area contributed by atoms with Crippen LogP contribution in [0.4, 0.5) is 0 Å². The predicted octanol–water partition coefficient (Wildman–Crippen LogP) is 2.25. The van der Waals surface area contributed by atoms with Gasteiger partial charge in [-0.15, -0.1) is 11.3 Å². The lowest BCUT2D eigenvalue weighted by Gasteiger charge is -2.36. The highest BCUT2D eigenvalue weighted by atomic mass is 32.1. The molecule has 0 saturated heterocycles. The first-order valence-corrected chi connectivity index (χ1v) is 8.94. The number of thiophene rings is 1. The topological polar surface area (TPSA) is 60.1 Å². The van der Waals surface area contributed by atoms with Crippen molar-refractivity contribution in [2.24, 2.45) is 0 Å². The van der Waals surface area contributed by atoms with E-state index < -0.39 is 0 Å². The predicted molar refractivity (Wildman–Crippen MR) is 93.1 cm³/mol. The second kappa shape index (κ2) is 5.90. The van der Waals surface area contributed by atoms with Gasteiger partial charge in [-0.25, -0.2) is 4.98 Å². The van der Waals surface area contributed by atoms with Gasteiger partial charge in [-0.1, -0.05) is 6.92 Å². The van der Waals surface area contributed by atoms with Gasteiger partial charge in [0.2, 0.25) is 5.91 Å². The Bertz CT molecular complexity index is 955. The lowest BCUT2D eigenvalue weighted by molar-refractivity contribution is -0.135. The zero-order valence-corrected chi connectivity index (χ0v) is 14.2. The third-order valence-electron chi connectivity index (χ3n) is 4.61. The maximum Gasteiger partial charge on any atom is 0.271 e. The van der Waals surface area contributed by atoms with Crippen molar-refractivity contribution in [2.75, 3.05) is 6.54 Å². The van der Waals surface area contributed by atoms with E-state index in [0.29, 0.717) is 16.8 Å². The smallest absolute Gasteiger partial charge is 0.271 e. The standard InChI is InChI=1S/C17H18N4O2S/c1-2-13-14-4-3-6-19(14)7-8-21(13)15(22)10-20-11-18-12-5-9-24-16(12)17(20)23/h3-6,9,11,13H,2,7-8,10H2,1H3. The first-order chi connectivity index (χ1) is 11.7. The Morgan fingerprint density at radius 1 is 1.38 bits per heavy atom. The van der Waals surface area contributed by atoms with Crippen LogP contribution in [0, 0.1) is 0 Å². The van der Waals surface area contributed by atoms with Gasteiger partial charge in [-0.05, 0) is 30.0 Å². The maximum atomic E-state index is 12.8. The Morgan fingerprint density at radius 2 is 2.25 bits per heavy atom. The molecule has 124 valence electrons. The van der Waals surface area contributed by atoms with E-state index in [4.69, 9.17) is 0 Å². The normalized spacial score (nSPS) is 17.2. The number of fused-ring (bicyclic) bond motifs is 2. The highest BCUT2D eigenvalue weighted by molar-refractivity contribution is 7.17. The summed E-state index contributed by atoms with van der Waals surface area (Å²) in [5.74, 6) is -0.0332. The Hall–Kier alpha value is -2.41. The molecule has 1 aliphatic rings. The van der Waals surface area contributed by atoms with E-state index in [1.165, 1.54) is 22.2 Å². The van der Waals surface area contributed by atoms with Crippen LogP contribution in [0.15, 0.2) is 40.9 Å². The summed E-state index contributed by atoms with van der Waals surface area (Å²) >= 11 is 1.36. The van der Waals surface area contributed by atoms with E-state index in [-0.39, 0.29) is 24.1 Å². The largest absolute Gasteiger partial charge is 0.348 e. The summed E-state index contributed by atoms with van der Waals surface area (Å²) in [5.41, 5.74) is 1.71. The van der Waals surface area contributed by atoms with E-state index in [0.717, 1.165) is 18.7 Å². The molecule has 0 aromatic carbocycles. The number of rotatable bonds is 3. The van der Waals surface area contributed by atoms with Crippen LogP contribution >= 0.6 is 11.3 Å². The molecule has 0 fully saturated rings. The molecule has 4 rings (SSSR count). The van der Waals surface area contributed by atoms with Gasteiger partial charge in [0.05, 0.1) is 17.9 Å². The van der Waals surface area contributed by atoms with Crippen molar-refractivity contribution in [3.05, 3.63) is 52.2 Å². The van der Waals surface area contributed by atoms with Crippen LogP contribution in [0.2, 0.25) is 0 Å². The SMILES string of the molecule is CCC1c2cccn2CCN1C(=O)Cn1cnc2ccsc2c1=O. The van der Waals surface area contributed by atoms with Gasteiger partial charge in [0.15, 0.2) is 0 Å². The summed E-state index contributed by atoms with van der Waals surface area (Å²) in [7, 11) is 0. The Balaban J connectivity index is 1.61. The minimum Gasteiger partial charge on any atom is -0.348 e. The number of carbonyl (C=O) groups excluding carboxylic acids is 1. The number of carbonyl (C=O) groups is 1. The number of amides is 1. The van der Waals surface area contributed by atoms with Crippen molar-refractivity contribution in [3.8, 4) is 0 Å². The zero-order valence-electron chi connectivity index (χ0n) is 13.4. The number of hydrogen-bond acceptors (Lipinski definition) is 4. The van der Waals surface area contributed by atoms with Crippen molar-refractivity contribution < 1.29 is 4.79 Å². The molecule has 1 aliphatic heterocycles.